The molecule has 1 aromatic heterocycles. The Morgan fingerprint density at radius 1 is 1.38 bits per heavy atom. The molecular formula is C10H11N3. The Kier molecular flexibility index (Phi) is 1.77. The second-order valence-corrected chi connectivity index (χ2v) is 2.99. The van der Waals surface area contributed by atoms with Crippen LogP contribution >= 0.6 is 0 Å². The zero-order valence-corrected chi connectivity index (χ0v) is 7.41. The largest absolute Gasteiger partial charge is 0.358 e. The molecule has 0 unspecified atom stereocenters. The molecule has 0 radical (unpaired) electrons. The molecule has 1 aromatic carbocycles. The number of aryl methyl sites for hydroxylation is 1. The molecular weight excluding hydrogens is 162 g/mol. The van der Waals surface area contributed by atoms with Crippen molar-refractivity contribution in [2.24, 2.45) is 10.9 Å². The highest BCUT2D eigenvalue weighted by Gasteiger charge is 2.04. The van der Waals surface area contributed by atoms with Crippen LogP contribution in [0.3, 0.4) is 0 Å². The maximum absolute atomic E-state index is 5.14. The third-order valence-electron chi connectivity index (χ3n) is 2.15. The number of nitrogens with one attached hydrogen (secondary N) is 1. The molecule has 0 fully saturated rings. The van der Waals surface area contributed by atoms with E-state index in [2.05, 4.69) is 16.2 Å². The van der Waals surface area contributed by atoms with Crippen molar-refractivity contribution in [3.05, 3.63) is 35.5 Å². The quantitative estimate of drug-likeness (QED) is 0.385. The molecule has 3 N–H and O–H groups in total. The maximum Gasteiger partial charge on any atom is 0.0562 e. The van der Waals surface area contributed by atoms with Gasteiger partial charge >= 0.3 is 0 Å². The van der Waals surface area contributed by atoms with Crippen LogP contribution in [0, 0.1) is 6.92 Å². The molecule has 2 rings (SSSR count). The van der Waals surface area contributed by atoms with E-state index in [9.17, 15) is 0 Å². The molecule has 0 saturated heterocycles. The number of H-pyrrole nitrogens is 1. The first-order valence-electron chi connectivity index (χ1n) is 4.13. The van der Waals surface area contributed by atoms with Gasteiger partial charge in [-0.25, -0.2) is 0 Å². The number of aromatic nitrogens is 1. The van der Waals surface area contributed by atoms with Crippen molar-refractivity contribution in [2.45, 2.75) is 6.92 Å². The Morgan fingerprint density at radius 2 is 2.15 bits per heavy atom. The van der Waals surface area contributed by atoms with Crippen molar-refractivity contribution in [3.63, 3.8) is 0 Å². The van der Waals surface area contributed by atoms with Gasteiger partial charge in [0.2, 0.25) is 0 Å². The lowest BCUT2D eigenvalue weighted by molar-refractivity contribution is 1.25. The summed E-state index contributed by atoms with van der Waals surface area (Å²) >= 11 is 0. The standard InChI is InChI=1S/C10H11N3/c1-7-9(6-12-11)8-4-2-3-5-10(8)13-7/h2-6,13H,11H2,1H3. The molecule has 13 heavy (non-hydrogen) atoms. The Hall–Kier alpha value is -1.77. The van der Waals surface area contributed by atoms with Crippen LogP contribution in [0.25, 0.3) is 10.9 Å². The highest BCUT2D eigenvalue weighted by Crippen LogP contribution is 2.19. The molecule has 0 aliphatic carbocycles. The molecule has 0 amide bonds. The lowest BCUT2D eigenvalue weighted by atomic mass is 10.1. The van der Waals surface area contributed by atoms with Crippen LogP contribution in [-0.2, 0) is 0 Å². The minimum atomic E-state index is 1.07. The number of hydrazone groups is 1. The third kappa shape index (κ3) is 1.18. The number of para-hydroxylation sites is 1. The first kappa shape index (κ1) is 7.86. The second-order valence-electron chi connectivity index (χ2n) is 2.99. The lowest BCUT2D eigenvalue weighted by Crippen LogP contribution is -1.87. The molecule has 0 aliphatic heterocycles. The summed E-state index contributed by atoms with van der Waals surface area (Å²) < 4.78 is 0. The van der Waals surface area contributed by atoms with Crippen LogP contribution in [0.1, 0.15) is 11.3 Å². The number of nitrogens with two attached hydrogens (primary N) is 1. The Bertz CT molecular complexity index is 454. The van der Waals surface area contributed by atoms with Gasteiger partial charge in [-0.05, 0) is 13.0 Å². The van der Waals surface area contributed by atoms with Crippen molar-refractivity contribution < 1.29 is 0 Å². The van der Waals surface area contributed by atoms with Crippen LogP contribution in [0.5, 0.6) is 0 Å². The van der Waals surface area contributed by atoms with Gasteiger partial charge in [0.1, 0.15) is 0 Å². The number of fused-ring (bicyclic) bond motifs is 1. The fourth-order valence-corrected chi connectivity index (χ4v) is 1.54. The summed E-state index contributed by atoms with van der Waals surface area (Å²) in [7, 11) is 0. The highest BCUT2D eigenvalue weighted by atomic mass is 15.1. The molecule has 0 atom stereocenters. The van der Waals surface area contributed by atoms with E-state index in [1.807, 2.05) is 25.1 Å². The number of hydrogen-bond acceptors (Lipinski definition) is 2. The Morgan fingerprint density at radius 3 is 2.92 bits per heavy atom. The summed E-state index contributed by atoms with van der Waals surface area (Å²) in [4.78, 5) is 3.27. The first-order chi connectivity index (χ1) is 6.33. The minimum absolute atomic E-state index is 1.07. The Labute approximate surface area is 76.3 Å². The number of aromatic amines is 1. The van der Waals surface area contributed by atoms with E-state index in [1.54, 1.807) is 6.21 Å². The zero-order valence-electron chi connectivity index (χ0n) is 7.41. The molecule has 0 aliphatic rings. The van der Waals surface area contributed by atoms with Gasteiger partial charge in [-0.2, -0.15) is 5.10 Å². The molecule has 1 heterocycles. The molecule has 0 spiro atoms. The fraction of sp³-hybridized carbons (Fsp3) is 0.100. The number of hydrogen-bond donors (Lipinski definition) is 2. The summed E-state index contributed by atoms with van der Waals surface area (Å²) in [6, 6.07) is 8.09. The monoisotopic (exact) mass is 173 g/mol. The lowest BCUT2D eigenvalue weighted by Gasteiger charge is -1.89. The highest BCUT2D eigenvalue weighted by molar-refractivity contribution is 6.00. The van der Waals surface area contributed by atoms with E-state index in [-0.39, 0.29) is 0 Å². The molecule has 0 saturated carbocycles. The Balaban J connectivity index is 2.78. The van der Waals surface area contributed by atoms with Crippen LogP contribution < -0.4 is 5.84 Å². The van der Waals surface area contributed by atoms with Gasteiger partial charge in [-0.15, -0.1) is 0 Å². The summed E-state index contributed by atoms with van der Waals surface area (Å²) in [6.45, 7) is 2.01. The average Bonchev–Trinajstić information content (AvgIpc) is 2.44. The molecule has 0 bridgehead atoms. The van der Waals surface area contributed by atoms with Crippen molar-refractivity contribution in [2.75, 3.05) is 0 Å². The predicted octanol–water partition coefficient (Wildman–Crippen LogP) is 1.77. The molecule has 2 aromatic rings. The third-order valence-corrected chi connectivity index (χ3v) is 2.15. The van der Waals surface area contributed by atoms with Gasteiger partial charge in [0, 0.05) is 22.2 Å². The van der Waals surface area contributed by atoms with Gasteiger partial charge in [-0.1, -0.05) is 18.2 Å². The second kappa shape index (κ2) is 2.94. The summed E-state index contributed by atoms with van der Waals surface area (Å²) in [5.74, 6) is 5.14. The minimum Gasteiger partial charge on any atom is -0.358 e. The van der Waals surface area contributed by atoms with E-state index in [4.69, 9.17) is 5.84 Å². The van der Waals surface area contributed by atoms with Gasteiger partial charge < -0.3 is 10.8 Å². The van der Waals surface area contributed by atoms with E-state index in [0.717, 1.165) is 22.2 Å². The van der Waals surface area contributed by atoms with E-state index >= 15 is 0 Å². The van der Waals surface area contributed by atoms with Gasteiger partial charge in [-0.3, -0.25) is 0 Å². The number of benzene rings is 1. The normalized spacial score (nSPS) is 11.5. The number of rotatable bonds is 1. The van der Waals surface area contributed by atoms with Crippen LogP contribution in [0.2, 0.25) is 0 Å². The van der Waals surface area contributed by atoms with E-state index in [0.29, 0.717) is 0 Å². The number of nitrogens with zero attached hydrogens (tertiary/aromatic N) is 1. The summed E-state index contributed by atoms with van der Waals surface area (Å²) in [6.07, 6.45) is 1.67. The molecule has 66 valence electrons. The van der Waals surface area contributed by atoms with E-state index < -0.39 is 0 Å². The average molecular weight is 173 g/mol. The van der Waals surface area contributed by atoms with Crippen LogP contribution in [0.15, 0.2) is 29.4 Å². The fourth-order valence-electron chi connectivity index (χ4n) is 1.54. The predicted molar refractivity (Wildman–Crippen MR) is 54.8 cm³/mol. The summed E-state index contributed by atoms with van der Waals surface area (Å²) in [5, 5.41) is 4.71. The SMILES string of the molecule is Cc1[nH]c2ccccc2c1C=NN. The maximum atomic E-state index is 5.14. The van der Waals surface area contributed by atoms with Crippen LogP contribution in [0.4, 0.5) is 0 Å². The zero-order chi connectivity index (χ0) is 9.26. The van der Waals surface area contributed by atoms with Crippen molar-refractivity contribution in [1.82, 2.24) is 4.98 Å². The van der Waals surface area contributed by atoms with Crippen molar-refractivity contribution in [1.29, 1.82) is 0 Å². The van der Waals surface area contributed by atoms with Crippen molar-refractivity contribution >= 4 is 17.1 Å². The molecule has 3 heteroatoms. The van der Waals surface area contributed by atoms with E-state index in [1.165, 1.54) is 0 Å². The summed E-state index contributed by atoms with van der Waals surface area (Å²) in [5.41, 5.74) is 3.28. The van der Waals surface area contributed by atoms with Gasteiger partial charge in [0.15, 0.2) is 0 Å². The van der Waals surface area contributed by atoms with Gasteiger partial charge in [0.25, 0.3) is 0 Å². The van der Waals surface area contributed by atoms with Gasteiger partial charge in [0.05, 0.1) is 6.21 Å². The first-order valence-corrected chi connectivity index (χ1v) is 4.13. The van der Waals surface area contributed by atoms with Crippen LogP contribution in [-0.4, -0.2) is 11.2 Å². The molecule has 3 nitrogen and oxygen atoms in total. The topological polar surface area (TPSA) is 54.2 Å². The van der Waals surface area contributed by atoms with Crippen molar-refractivity contribution in [3.8, 4) is 0 Å². The smallest absolute Gasteiger partial charge is 0.0562 e.